The Morgan fingerprint density at radius 1 is 1.33 bits per heavy atom. The van der Waals surface area contributed by atoms with Gasteiger partial charge in [0.2, 0.25) is 0 Å². The highest BCUT2D eigenvalue weighted by Crippen LogP contribution is 2.39. The van der Waals surface area contributed by atoms with Crippen molar-refractivity contribution in [1.29, 1.82) is 0 Å². The van der Waals surface area contributed by atoms with Crippen LogP contribution in [-0.2, 0) is 4.79 Å². The summed E-state index contributed by atoms with van der Waals surface area (Å²) in [6.45, 7) is 8.45. The molecule has 4 unspecified atom stereocenters. The van der Waals surface area contributed by atoms with Crippen molar-refractivity contribution >= 4 is 5.97 Å². The fourth-order valence-electron chi connectivity index (χ4n) is 3.68. The third kappa shape index (κ3) is 2.42. The number of carboxylic acids is 1. The van der Waals surface area contributed by atoms with Crippen molar-refractivity contribution in [1.82, 2.24) is 4.90 Å². The number of carbonyl (C=O) groups is 1. The van der Waals surface area contributed by atoms with E-state index >= 15 is 0 Å². The molecule has 0 spiro atoms. The molecule has 0 radical (unpaired) electrons. The fourth-order valence-corrected chi connectivity index (χ4v) is 3.68. The predicted molar refractivity (Wildman–Crippen MR) is 72.5 cm³/mol. The molecule has 18 heavy (non-hydrogen) atoms. The first-order valence-corrected chi connectivity index (χ1v) is 7.46. The summed E-state index contributed by atoms with van der Waals surface area (Å²) in [5.41, 5.74) is -0.466. The Labute approximate surface area is 111 Å². The molecule has 3 heteroatoms. The minimum atomic E-state index is -0.593. The lowest BCUT2D eigenvalue weighted by Crippen LogP contribution is -2.41. The third-order valence-electron chi connectivity index (χ3n) is 5.60. The van der Waals surface area contributed by atoms with E-state index in [9.17, 15) is 9.90 Å². The Hall–Kier alpha value is -0.570. The summed E-state index contributed by atoms with van der Waals surface area (Å²) in [7, 11) is 0. The molecule has 0 bridgehead atoms. The average molecular weight is 253 g/mol. The average Bonchev–Trinajstić information content (AvgIpc) is 2.78. The second kappa shape index (κ2) is 5.20. The molecular weight excluding hydrogens is 226 g/mol. The van der Waals surface area contributed by atoms with Crippen LogP contribution in [0.1, 0.15) is 52.9 Å². The van der Waals surface area contributed by atoms with Gasteiger partial charge >= 0.3 is 5.97 Å². The summed E-state index contributed by atoms with van der Waals surface area (Å²) in [5.74, 6) is 1.02. The van der Waals surface area contributed by atoms with Gasteiger partial charge in [0, 0.05) is 12.6 Å². The van der Waals surface area contributed by atoms with Crippen molar-refractivity contribution in [2.24, 2.45) is 17.3 Å². The second-order valence-corrected chi connectivity index (χ2v) is 6.58. The zero-order chi connectivity index (χ0) is 13.3. The van der Waals surface area contributed by atoms with Crippen molar-refractivity contribution in [2.75, 3.05) is 13.1 Å². The first-order valence-electron chi connectivity index (χ1n) is 7.46. The van der Waals surface area contributed by atoms with Crippen LogP contribution in [0, 0.1) is 17.3 Å². The predicted octanol–water partition coefficient (Wildman–Crippen LogP) is 3.00. The van der Waals surface area contributed by atoms with E-state index in [1.54, 1.807) is 0 Å². The quantitative estimate of drug-likeness (QED) is 0.840. The molecule has 1 heterocycles. The van der Waals surface area contributed by atoms with Gasteiger partial charge in [-0.05, 0) is 50.5 Å². The van der Waals surface area contributed by atoms with E-state index in [1.807, 2.05) is 6.92 Å². The number of rotatable bonds is 3. The van der Waals surface area contributed by atoms with Gasteiger partial charge in [-0.2, -0.15) is 0 Å². The van der Waals surface area contributed by atoms with E-state index in [0.29, 0.717) is 6.04 Å². The maximum Gasteiger partial charge on any atom is 0.310 e. The van der Waals surface area contributed by atoms with Gasteiger partial charge in [-0.15, -0.1) is 0 Å². The molecule has 4 atom stereocenters. The Balaban J connectivity index is 1.98. The normalized spacial score (nSPS) is 42.1. The third-order valence-corrected chi connectivity index (χ3v) is 5.60. The molecule has 0 aromatic carbocycles. The van der Waals surface area contributed by atoms with Gasteiger partial charge in [0.05, 0.1) is 5.41 Å². The summed E-state index contributed by atoms with van der Waals surface area (Å²) in [5, 5.41) is 9.45. The van der Waals surface area contributed by atoms with Gasteiger partial charge in [-0.3, -0.25) is 9.69 Å². The molecule has 1 aliphatic carbocycles. The van der Waals surface area contributed by atoms with E-state index < -0.39 is 11.4 Å². The topological polar surface area (TPSA) is 40.5 Å². The highest BCUT2D eigenvalue weighted by atomic mass is 16.4. The summed E-state index contributed by atoms with van der Waals surface area (Å²) < 4.78 is 0. The van der Waals surface area contributed by atoms with Crippen LogP contribution in [0.3, 0.4) is 0 Å². The van der Waals surface area contributed by atoms with Gasteiger partial charge in [0.15, 0.2) is 0 Å². The summed E-state index contributed by atoms with van der Waals surface area (Å²) in [6, 6.07) is 0.629. The lowest BCUT2D eigenvalue weighted by Gasteiger charge is -2.38. The molecule has 3 nitrogen and oxygen atoms in total. The van der Waals surface area contributed by atoms with Crippen LogP contribution in [0.5, 0.6) is 0 Å². The summed E-state index contributed by atoms with van der Waals surface area (Å²) in [4.78, 5) is 13.9. The number of nitrogens with zero attached hydrogens (tertiary/aromatic N) is 1. The van der Waals surface area contributed by atoms with E-state index in [-0.39, 0.29) is 0 Å². The van der Waals surface area contributed by atoms with E-state index in [4.69, 9.17) is 0 Å². The molecular formula is C15H27NO2. The number of hydrogen-bond acceptors (Lipinski definition) is 2. The molecule has 0 aromatic heterocycles. The molecule has 2 aliphatic rings. The van der Waals surface area contributed by atoms with Crippen molar-refractivity contribution in [3.63, 3.8) is 0 Å². The number of likely N-dealkylation sites (tertiary alicyclic amines) is 1. The standard InChI is InChI=1S/C15H27NO2/c1-4-15(14(17)18)7-8-16(10-15)13-6-5-11(2)12(3)9-13/h11-13H,4-10H2,1-3H3,(H,17,18). The summed E-state index contributed by atoms with van der Waals surface area (Å²) in [6.07, 6.45) is 5.40. The molecule has 104 valence electrons. The van der Waals surface area contributed by atoms with Crippen molar-refractivity contribution in [3.05, 3.63) is 0 Å². The first-order chi connectivity index (χ1) is 8.48. The van der Waals surface area contributed by atoms with Crippen molar-refractivity contribution in [3.8, 4) is 0 Å². The minimum Gasteiger partial charge on any atom is -0.481 e. The largest absolute Gasteiger partial charge is 0.481 e. The molecule has 2 rings (SSSR count). The van der Waals surface area contributed by atoms with Crippen LogP contribution in [-0.4, -0.2) is 35.1 Å². The summed E-state index contributed by atoms with van der Waals surface area (Å²) >= 11 is 0. The minimum absolute atomic E-state index is 0.466. The molecule has 1 N–H and O–H groups in total. The Morgan fingerprint density at radius 3 is 2.56 bits per heavy atom. The van der Waals surface area contributed by atoms with Gasteiger partial charge < -0.3 is 5.11 Å². The van der Waals surface area contributed by atoms with E-state index in [2.05, 4.69) is 18.7 Å². The van der Waals surface area contributed by atoms with E-state index in [1.165, 1.54) is 19.3 Å². The highest BCUT2D eigenvalue weighted by molar-refractivity contribution is 5.75. The SMILES string of the molecule is CCC1(C(=O)O)CCN(C2CCC(C)C(C)C2)C1. The molecule has 0 amide bonds. The van der Waals surface area contributed by atoms with Crippen LogP contribution < -0.4 is 0 Å². The molecule has 1 saturated carbocycles. The van der Waals surface area contributed by atoms with Crippen LogP contribution in [0.15, 0.2) is 0 Å². The van der Waals surface area contributed by atoms with Crippen molar-refractivity contribution in [2.45, 2.75) is 58.9 Å². The number of hydrogen-bond donors (Lipinski definition) is 1. The maximum absolute atomic E-state index is 11.5. The number of carboxylic acid groups (broad SMARTS) is 1. The number of aliphatic carboxylic acids is 1. The fraction of sp³-hybridized carbons (Fsp3) is 0.933. The molecule has 2 fully saturated rings. The first kappa shape index (κ1) is 13.9. The molecule has 0 aromatic rings. The van der Waals surface area contributed by atoms with Crippen LogP contribution in [0.25, 0.3) is 0 Å². The molecule has 1 saturated heterocycles. The van der Waals surface area contributed by atoms with Gasteiger partial charge in [-0.1, -0.05) is 20.8 Å². The molecule has 1 aliphatic heterocycles. The van der Waals surface area contributed by atoms with Crippen LogP contribution >= 0.6 is 0 Å². The monoisotopic (exact) mass is 253 g/mol. The second-order valence-electron chi connectivity index (χ2n) is 6.58. The van der Waals surface area contributed by atoms with Crippen molar-refractivity contribution < 1.29 is 9.90 Å². The van der Waals surface area contributed by atoms with Gasteiger partial charge in [0.1, 0.15) is 0 Å². The van der Waals surface area contributed by atoms with Crippen LogP contribution in [0.2, 0.25) is 0 Å². The zero-order valence-electron chi connectivity index (χ0n) is 12.0. The Bertz CT molecular complexity index is 318. The Morgan fingerprint density at radius 2 is 2.06 bits per heavy atom. The Kier molecular flexibility index (Phi) is 4.00. The maximum atomic E-state index is 11.5. The van der Waals surface area contributed by atoms with Gasteiger partial charge in [-0.25, -0.2) is 0 Å². The van der Waals surface area contributed by atoms with Crippen LogP contribution in [0.4, 0.5) is 0 Å². The lowest BCUT2D eigenvalue weighted by molar-refractivity contribution is -0.148. The van der Waals surface area contributed by atoms with E-state index in [0.717, 1.165) is 37.8 Å². The smallest absolute Gasteiger partial charge is 0.310 e. The highest BCUT2D eigenvalue weighted by Gasteiger charge is 2.45. The lowest BCUT2D eigenvalue weighted by atomic mass is 9.78. The zero-order valence-corrected chi connectivity index (χ0v) is 12.0. The van der Waals surface area contributed by atoms with Gasteiger partial charge in [0.25, 0.3) is 0 Å².